The van der Waals surface area contributed by atoms with Gasteiger partial charge in [0, 0.05) is 7.05 Å². The minimum atomic E-state index is 0. The Hall–Kier alpha value is -2.21. The van der Waals surface area contributed by atoms with Gasteiger partial charge in [0.05, 0.1) is 24.7 Å². The zero-order chi connectivity index (χ0) is 15.5. The van der Waals surface area contributed by atoms with Crippen molar-refractivity contribution in [3.05, 3.63) is 54.1 Å². The lowest BCUT2D eigenvalue weighted by atomic mass is 10.3. The van der Waals surface area contributed by atoms with Gasteiger partial charge in [-0.2, -0.15) is 0 Å². The summed E-state index contributed by atoms with van der Waals surface area (Å²) in [5.41, 5.74) is 2.55. The van der Waals surface area contributed by atoms with Crippen molar-refractivity contribution in [2.24, 2.45) is 7.05 Å². The van der Waals surface area contributed by atoms with E-state index in [2.05, 4.69) is 0 Å². The number of nitrogens with zero attached hydrogens (tertiary/aromatic N) is 2. The normalized spacial score (nSPS) is 10.3. The first-order chi connectivity index (χ1) is 10.7. The van der Waals surface area contributed by atoms with Gasteiger partial charge < -0.3 is 18.6 Å². The third-order valence-electron chi connectivity index (χ3n) is 3.75. The molecular formula is C17H20BrN3O2. The highest BCUT2D eigenvalue weighted by Gasteiger charge is 2.08. The van der Waals surface area contributed by atoms with E-state index in [9.17, 15) is 0 Å². The standard InChI is InChI=1S/C17H19N3O2.BrH/c1-19-13-7-3-4-8-14(13)20(17(19)18)11-12-22-16-10-6-5-9-15(16)21-2;/h3-10,18H,11-12H2,1-2H3;1H. The van der Waals surface area contributed by atoms with Crippen molar-refractivity contribution < 1.29 is 9.47 Å². The maximum Gasteiger partial charge on any atom is 0.202 e. The first-order valence-electron chi connectivity index (χ1n) is 7.17. The summed E-state index contributed by atoms with van der Waals surface area (Å²) in [6, 6.07) is 15.6. The van der Waals surface area contributed by atoms with E-state index in [4.69, 9.17) is 14.9 Å². The second kappa shape index (κ2) is 7.37. The van der Waals surface area contributed by atoms with Crippen molar-refractivity contribution >= 4 is 28.0 Å². The fourth-order valence-electron chi connectivity index (χ4n) is 2.60. The predicted molar refractivity (Wildman–Crippen MR) is 95.6 cm³/mol. The number of halogens is 1. The highest BCUT2D eigenvalue weighted by molar-refractivity contribution is 8.93. The van der Waals surface area contributed by atoms with Gasteiger partial charge >= 0.3 is 0 Å². The molecule has 23 heavy (non-hydrogen) atoms. The molecule has 0 radical (unpaired) electrons. The summed E-state index contributed by atoms with van der Waals surface area (Å²) in [4.78, 5) is 0. The van der Waals surface area contributed by atoms with E-state index in [0.717, 1.165) is 22.5 Å². The van der Waals surface area contributed by atoms with Crippen LogP contribution in [-0.2, 0) is 13.6 Å². The number of benzene rings is 2. The lowest BCUT2D eigenvalue weighted by molar-refractivity contribution is 0.278. The summed E-state index contributed by atoms with van der Waals surface area (Å²) >= 11 is 0. The van der Waals surface area contributed by atoms with E-state index in [1.807, 2.05) is 64.7 Å². The molecule has 1 aromatic heterocycles. The van der Waals surface area contributed by atoms with Crippen LogP contribution in [0.5, 0.6) is 11.5 Å². The van der Waals surface area contributed by atoms with Gasteiger partial charge in [0.2, 0.25) is 5.62 Å². The molecule has 0 amide bonds. The monoisotopic (exact) mass is 377 g/mol. The SMILES string of the molecule is Br.COc1ccccc1OCCn1c(=N)n(C)c2ccccc21. The quantitative estimate of drug-likeness (QED) is 0.742. The van der Waals surface area contributed by atoms with Crippen LogP contribution in [0.1, 0.15) is 0 Å². The summed E-state index contributed by atoms with van der Waals surface area (Å²) in [5.74, 6) is 1.44. The van der Waals surface area contributed by atoms with Gasteiger partial charge in [0.15, 0.2) is 11.5 Å². The van der Waals surface area contributed by atoms with E-state index in [-0.39, 0.29) is 17.0 Å². The number of aromatic nitrogens is 2. The summed E-state index contributed by atoms with van der Waals surface area (Å²) < 4.78 is 14.9. The minimum absolute atomic E-state index is 0. The first kappa shape index (κ1) is 17.1. The largest absolute Gasteiger partial charge is 0.493 e. The number of aryl methyl sites for hydroxylation is 1. The fraction of sp³-hybridized carbons (Fsp3) is 0.235. The fourth-order valence-corrected chi connectivity index (χ4v) is 2.60. The maximum absolute atomic E-state index is 8.23. The Labute approximate surface area is 145 Å². The van der Waals surface area contributed by atoms with E-state index < -0.39 is 0 Å². The van der Waals surface area contributed by atoms with Gasteiger partial charge in [-0.15, -0.1) is 17.0 Å². The molecule has 0 aliphatic heterocycles. The molecule has 122 valence electrons. The van der Waals surface area contributed by atoms with E-state index >= 15 is 0 Å². The topological polar surface area (TPSA) is 52.2 Å². The molecule has 3 rings (SSSR count). The number of imidazole rings is 1. The van der Waals surface area contributed by atoms with Gasteiger partial charge in [-0.3, -0.25) is 5.41 Å². The number of hydrogen-bond acceptors (Lipinski definition) is 3. The van der Waals surface area contributed by atoms with Crippen LogP contribution >= 0.6 is 17.0 Å². The van der Waals surface area contributed by atoms with Crippen LogP contribution in [0.15, 0.2) is 48.5 Å². The van der Waals surface area contributed by atoms with Crippen molar-refractivity contribution in [1.29, 1.82) is 5.41 Å². The van der Waals surface area contributed by atoms with E-state index in [1.54, 1.807) is 7.11 Å². The van der Waals surface area contributed by atoms with Crippen molar-refractivity contribution in [3.8, 4) is 11.5 Å². The molecular weight excluding hydrogens is 358 g/mol. The molecule has 0 unspecified atom stereocenters. The number of fused-ring (bicyclic) bond motifs is 1. The highest BCUT2D eigenvalue weighted by atomic mass is 79.9. The second-order valence-corrected chi connectivity index (χ2v) is 5.02. The van der Waals surface area contributed by atoms with Gasteiger partial charge in [-0.05, 0) is 24.3 Å². The number of nitrogens with one attached hydrogen (secondary N) is 1. The number of rotatable bonds is 5. The summed E-state index contributed by atoms with van der Waals surface area (Å²) in [5, 5.41) is 8.23. The molecule has 0 spiro atoms. The average Bonchev–Trinajstić information content (AvgIpc) is 2.80. The predicted octanol–water partition coefficient (Wildman–Crippen LogP) is 3.12. The molecule has 2 aromatic carbocycles. The first-order valence-corrected chi connectivity index (χ1v) is 7.17. The summed E-state index contributed by atoms with van der Waals surface area (Å²) in [6.45, 7) is 1.09. The molecule has 3 aromatic rings. The van der Waals surface area contributed by atoms with Crippen molar-refractivity contribution in [1.82, 2.24) is 9.13 Å². The number of hydrogen-bond donors (Lipinski definition) is 1. The Kier molecular flexibility index (Phi) is 5.50. The third-order valence-corrected chi connectivity index (χ3v) is 3.75. The van der Waals surface area contributed by atoms with Crippen LogP contribution in [0.2, 0.25) is 0 Å². The third kappa shape index (κ3) is 3.27. The Morgan fingerprint density at radius 3 is 2.26 bits per heavy atom. The molecule has 0 fully saturated rings. The van der Waals surface area contributed by atoms with Crippen molar-refractivity contribution in [2.75, 3.05) is 13.7 Å². The Bertz CT molecular complexity index is 854. The summed E-state index contributed by atoms with van der Waals surface area (Å²) in [6.07, 6.45) is 0. The zero-order valence-corrected chi connectivity index (χ0v) is 14.9. The van der Waals surface area contributed by atoms with Crippen molar-refractivity contribution in [2.45, 2.75) is 6.54 Å². The van der Waals surface area contributed by atoms with Gasteiger partial charge in [0.1, 0.15) is 6.61 Å². The smallest absolute Gasteiger partial charge is 0.202 e. The van der Waals surface area contributed by atoms with Crippen LogP contribution in [0.3, 0.4) is 0 Å². The van der Waals surface area contributed by atoms with Gasteiger partial charge in [0.25, 0.3) is 0 Å². The lowest BCUT2D eigenvalue weighted by Gasteiger charge is -2.11. The van der Waals surface area contributed by atoms with Gasteiger partial charge in [-0.1, -0.05) is 24.3 Å². The van der Waals surface area contributed by atoms with E-state index in [1.165, 1.54) is 0 Å². The van der Waals surface area contributed by atoms with E-state index in [0.29, 0.717) is 18.8 Å². The molecule has 0 saturated heterocycles. The molecule has 0 saturated carbocycles. The highest BCUT2D eigenvalue weighted by Crippen LogP contribution is 2.25. The summed E-state index contributed by atoms with van der Waals surface area (Å²) in [7, 11) is 3.53. The van der Waals surface area contributed by atoms with Crippen molar-refractivity contribution in [3.63, 3.8) is 0 Å². The zero-order valence-electron chi connectivity index (χ0n) is 13.2. The Balaban J connectivity index is 0.00000192. The molecule has 0 bridgehead atoms. The van der Waals surface area contributed by atoms with Crippen LogP contribution in [0.25, 0.3) is 11.0 Å². The minimum Gasteiger partial charge on any atom is -0.493 e. The maximum atomic E-state index is 8.23. The average molecular weight is 378 g/mol. The van der Waals surface area contributed by atoms with Crippen LogP contribution in [-0.4, -0.2) is 22.9 Å². The molecule has 0 aliphatic rings. The molecule has 0 atom stereocenters. The second-order valence-electron chi connectivity index (χ2n) is 5.02. The van der Waals surface area contributed by atoms with Crippen LogP contribution in [0.4, 0.5) is 0 Å². The Morgan fingerprint density at radius 2 is 1.57 bits per heavy atom. The lowest BCUT2D eigenvalue weighted by Crippen LogP contribution is -2.24. The molecule has 1 heterocycles. The molecule has 6 heteroatoms. The van der Waals surface area contributed by atoms with Crippen LogP contribution < -0.4 is 15.1 Å². The number of ether oxygens (including phenoxy) is 2. The Morgan fingerprint density at radius 1 is 0.957 bits per heavy atom. The number of para-hydroxylation sites is 4. The van der Waals surface area contributed by atoms with Gasteiger partial charge in [-0.25, -0.2) is 0 Å². The number of methoxy groups -OCH3 is 1. The molecule has 0 aliphatic carbocycles. The molecule has 5 nitrogen and oxygen atoms in total. The molecule has 1 N–H and O–H groups in total. The van der Waals surface area contributed by atoms with Crippen LogP contribution in [0, 0.1) is 5.41 Å².